The van der Waals surface area contributed by atoms with Crippen molar-refractivity contribution in [3.05, 3.63) is 35.1 Å². The van der Waals surface area contributed by atoms with Crippen LogP contribution >= 0.6 is 15.9 Å². The van der Waals surface area contributed by atoms with Gasteiger partial charge in [0.05, 0.1) is 5.56 Å². The molecule has 0 aliphatic carbocycles. The molecule has 0 unspecified atom stereocenters. The highest BCUT2D eigenvalue weighted by Gasteiger charge is 2.10. The van der Waals surface area contributed by atoms with Gasteiger partial charge in [-0.1, -0.05) is 22.0 Å². The Labute approximate surface area is 85.1 Å². The first kappa shape index (κ1) is 10.4. The van der Waals surface area contributed by atoms with Crippen LogP contribution in [0.1, 0.15) is 22.3 Å². The molecule has 0 amide bonds. The summed E-state index contributed by atoms with van der Waals surface area (Å²) in [6.45, 7) is 1.79. The zero-order valence-corrected chi connectivity index (χ0v) is 8.90. The monoisotopic (exact) mass is 244 g/mol. The van der Waals surface area contributed by atoms with Gasteiger partial charge in [0.1, 0.15) is 5.82 Å². The van der Waals surface area contributed by atoms with Crippen molar-refractivity contribution < 1.29 is 9.18 Å². The quantitative estimate of drug-likeness (QED) is 0.590. The minimum Gasteiger partial charge on any atom is -0.294 e. The van der Waals surface area contributed by atoms with Crippen molar-refractivity contribution >= 4 is 21.7 Å². The molecular weight excluding hydrogens is 235 g/mol. The Morgan fingerprint density at radius 2 is 2.23 bits per heavy atom. The van der Waals surface area contributed by atoms with Crippen LogP contribution in [0.5, 0.6) is 0 Å². The summed E-state index contributed by atoms with van der Waals surface area (Å²) in [5.74, 6) is -0.583. The third kappa shape index (κ3) is 2.62. The maximum atomic E-state index is 13.2. The SMILES string of the molecule is Cc1ccc(C(=O)CCBr)c(F)c1. The molecule has 70 valence electrons. The molecule has 1 rings (SSSR count). The zero-order valence-electron chi connectivity index (χ0n) is 7.31. The van der Waals surface area contributed by atoms with Crippen LogP contribution in [0.15, 0.2) is 18.2 Å². The first-order valence-electron chi connectivity index (χ1n) is 4.00. The van der Waals surface area contributed by atoms with Gasteiger partial charge in [-0.25, -0.2) is 4.39 Å². The molecule has 1 aromatic rings. The smallest absolute Gasteiger partial charge is 0.166 e. The van der Waals surface area contributed by atoms with Gasteiger partial charge in [-0.05, 0) is 24.6 Å². The number of halogens is 2. The number of carbonyl (C=O) groups is 1. The largest absolute Gasteiger partial charge is 0.294 e. The van der Waals surface area contributed by atoms with E-state index in [9.17, 15) is 9.18 Å². The standard InChI is InChI=1S/C10H10BrFO/c1-7-2-3-8(9(12)6-7)10(13)4-5-11/h2-3,6H,4-5H2,1H3. The summed E-state index contributed by atoms with van der Waals surface area (Å²) >= 11 is 3.14. The summed E-state index contributed by atoms with van der Waals surface area (Å²) in [5.41, 5.74) is 1.01. The molecule has 1 nitrogen and oxygen atoms in total. The van der Waals surface area contributed by atoms with Crippen molar-refractivity contribution in [3.63, 3.8) is 0 Å². The summed E-state index contributed by atoms with van der Waals surface area (Å²) in [7, 11) is 0. The maximum absolute atomic E-state index is 13.2. The number of hydrogen-bond acceptors (Lipinski definition) is 1. The second-order valence-corrected chi connectivity index (χ2v) is 3.64. The first-order valence-corrected chi connectivity index (χ1v) is 5.12. The van der Waals surface area contributed by atoms with Gasteiger partial charge in [0.15, 0.2) is 5.78 Å². The van der Waals surface area contributed by atoms with Crippen LogP contribution < -0.4 is 0 Å². The Bertz CT molecular complexity index is 323. The van der Waals surface area contributed by atoms with Crippen LogP contribution in [0, 0.1) is 12.7 Å². The molecule has 13 heavy (non-hydrogen) atoms. The molecule has 1 aromatic carbocycles. The molecule has 0 saturated heterocycles. The van der Waals surface area contributed by atoms with E-state index < -0.39 is 5.82 Å². The molecule has 0 aliphatic heterocycles. The van der Waals surface area contributed by atoms with E-state index in [1.165, 1.54) is 12.1 Å². The molecule has 0 aliphatic rings. The molecule has 0 fully saturated rings. The molecule has 0 atom stereocenters. The summed E-state index contributed by atoms with van der Waals surface area (Å²) in [4.78, 5) is 11.3. The van der Waals surface area contributed by atoms with Crippen LogP contribution in [-0.4, -0.2) is 11.1 Å². The van der Waals surface area contributed by atoms with Crippen LogP contribution in [-0.2, 0) is 0 Å². The normalized spacial score (nSPS) is 10.1. The van der Waals surface area contributed by atoms with E-state index in [1.807, 2.05) is 0 Å². The van der Waals surface area contributed by atoms with Crippen LogP contribution in [0.3, 0.4) is 0 Å². The molecule has 0 spiro atoms. The predicted molar refractivity (Wildman–Crippen MR) is 53.9 cm³/mol. The summed E-state index contributed by atoms with van der Waals surface area (Å²) in [6.07, 6.45) is 0.333. The average Bonchev–Trinajstić information content (AvgIpc) is 2.04. The highest BCUT2D eigenvalue weighted by atomic mass is 79.9. The van der Waals surface area contributed by atoms with Gasteiger partial charge in [-0.15, -0.1) is 0 Å². The van der Waals surface area contributed by atoms with E-state index in [1.54, 1.807) is 13.0 Å². The Morgan fingerprint density at radius 3 is 2.77 bits per heavy atom. The first-order chi connectivity index (χ1) is 6.15. The van der Waals surface area contributed by atoms with E-state index in [0.717, 1.165) is 5.56 Å². The van der Waals surface area contributed by atoms with Crippen molar-refractivity contribution in [1.82, 2.24) is 0 Å². The van der Waals surface area contributed by atoms with Crippen LogP contribution in [0.2, 0.25) is 0 Å². The minimum atomic E-state index is -0.425. The van der Waals surface area contributed by atoms with Crippen molar-refractivity contribution in [3.8, 4) is 0 Å². The van der Waals surface area contributed by atoms with E-state index >= 15 is 0 Å². The Morgan fingerprint density at radius 1 is 1.54 bits per heavy atom. The number of benzene rings is 1. The minimum absolute atomic E-state index is 0.158. The second kappa shape index (κ2) is 4.51. The van der Waals surface area contributed by atoms with Crippen molar-refractivity contribution in [2.45, 2.75) is 13.3 Å². The number of aryl methyl sites for hydroxylation is 1. The lowest BCUT2D eigenvalue weighted by Crippen LogP contribution is -2.02. The Kier molecular flexibility index (Phi) is 3.60. The van der Waals surface area contributed by atoms with Crippen LogP contribution in [0.4, 0.5) is 4.39 Å². The number of alkyl halides is 1. The molecule has 3 heteroatoms. The van der Waals surface area contributed by atoms with Gasteiger partial charge >= 0.3 is 0 Å². The number of carbonyl (C=O) groups excluding carboxylic acids is 1. The third-order valence-electron chi connectivity index (χ3n) is 1.75. The van der Waals surface area contributed by atoms with Crippen molar-refractivity contribution in [1.29, 1.82) is 0 Å². The van der Waals surface area contributed by atoms with E-state index in [4.69, 9.17) is 0 Å². The van der Waals surface area contributed by atoms with Gasteiger partial charge in [0.25, 0.3) is 0 Å². The van der Waals surface area contributed by atoms with E-state index in [-0.39, 0.29) is 11.3 Å². The predicted octanol–water partition coefficient (Wildman–Crippen LogP) is 3.10. The number of rotatable bonds is 3. The molecule has 0 bridgehead atoms. The third-order valence-corrected chi connectivity index (χ3v) is 2.14. The van der Waals surface area contributed by atoms with Gasteiger partial charge in [-0.2, -0.15) is 0 Å². The number of ketones is 1. The van der Waals surface area contributed by atoms with Gasteiger partial charge in [0.2, 0.25) is 0 Å². The molecule has 0 radical (unpaired) electrons. The lowest BCUT2D eigenvalue weighted by molar-refractivity contribution is 0.0986. The molecule has 0 saturated carbocycles. The number of Topliss-reactive ketones (excluding diaryl/α,β-unsaturated/α-hetero) is 1. The molecule has 0 heterocycles. The Hall–Kier alpha value is -0.700. The zero-order chi connectivity index (χ0) is 9.84. The van der Waals surface area contributed by atoms with Crippen LogP contribution in [0.25, 0.3) is 0 Å². The fourth-order valence-electron chi connectivity index (χ4n) is 1.07. The van der Waals surface area contributed by atoms with Gasteiger partial charge < -0.3 is 0 Å². The fourth-order valence-corrected chi connectivity index (χ4v) is 1.43. The van der Waals surface area contributed by atoms with E-state index in [2.05, 4.69) is 15.9 Å². The summed E-state index contributed by atoms with van der Waals surface area (Å²) < 4.78 is 13.2. The summed E-state index contributed by atoms with van der Waals surface area (Å²) in [6, 6.07) is 4.65. The number of hydrogen-bond donors (Lipinski definition) is 0. The topological polar surface area (TPSA) is 17.1 Å². The summed E-state index contributed by atoms with van der Waals surface area (Å²) in [5, 5.41) is 0.569. The highest BCUT2D eigenvalue weighted by molar-refractivity contribution is 9.09. The van der Waals surface area contributed by atoms with Gasteiger partial charge in [-0.3, -0.25) is 4.79 Å². The van der Waals surface area contributed by atoms with Crippen molar-refractivity contribution in [2.24, 2.45) is 0 Å². The molecule has 0 N–H and O–H groups in total. The lowest BCUT2D eigenvalue weighted by atomic mass is 10.1. The van der Waals surface area contributed by atoms with Gasteiger partial charge in [0, 0.05) is 11.8 Å². The molecule has 0 aromatic heterocycles. The van der Waals surface area contributed by atoms with Crippen molar-refractivity contribution in [2.75, 3.05) is 5.33 Å². The average molecular weight is 245 g/mol. The molecular formula is C10H10BrFO. The Balaban J connectivity index is 2.95. The highest BCUT2D eigenvalue weighted by Crippen LogP contribution is 2.12. The lowest BCUT2D eigenvalue weighted by Gasteiger charge is -2.01. The maximum Gasteiger partial charge on any atom is 0.166 e. The fraction of sp³-hybridized carbons (Fsp3) is 0.300. The van der Waals surface area contributed by atoms with E-state index in [0.29, 0.717) is 11.8 Å². The second-order valence-electron chi connectivity index (χ2n) is 2.85.